The Morgan fingerprint density at radius 1 is 0.941 bits per heavy atom. The zero-order valence-corrected chi connectivity index (χ0v) is 11.7. The summed E-state index contributed by atoms with van der Waals surface area (Å²) in [4.78, 5) is 0. The quantitative estimate of drug-likeness (QED) is 0.358. The van der Waals surface area contributed by atoms with Crippen LogP contribution in [0.15, 0.2) is 10.2 Å². The minimum atomic E-state index is -0.841. The van der Waals surface area contributed by atoms with E-state index in [-0.39, 0.29) is 11.7 Å². The number of amidine groups is 2. The minimum absolute atomic E-state index is 0.0689. The van der Waals surface area contributed by atoms with E-state index in [1.165, 1.54) is 0 Å². The van der Waals surface area contributed by atoms with E-state index in [1.807, 2.05) is 0 Å². The number of nitrogens with zero attached hydrogens (tertiary/aromatic N) is 2. The highest BCUT2D eigenvalue weighted by molar-refractivity contribution is 6.24. The molecule has 0 aromatic carbocycles. The molecule has 0 bridgehead atoms. The smallest absolute Gasteiger partial charge is 0.132 e. The van der Waals surface area contributed by atoms with E-state index in [0.717, 1.165) is 0 Å². The van der Waals surface area contributed by atoms with Gasteiger partial charge in [0, 0.05) is 0 Å². The Morgan fingerprint density at radius 2 is 1.12 bits per heavy atom. The molecule has 0 saturated carbocycles. The largest absolute Gasteiger partial charge is 0.386 e. The fraction of sp³-hybridized carbons (Fsp3) is 0.750. The molecule has 9 heteroatoms. The van der Waals surface area contributed by atoms with Crippen molar-refractivity contribution in [1.29, 1.82) is 10.8 Å². The van der Waals surface area contributed by atoms with Crippen LogP contribution in [0.1, 0.15) is 27.7 Å². The molecular weight excluding hydrogens is 267 g/mol. The van der Waals surface area contributed by atoms with Crippen molar-refractivity contribution in [3.63, 3.8) is 0 Å². The lowest BCUT2D eigenvalue weighted by Gasteiger charge is -2.20. The summed E-state index contributed by atoms with van der Waals surface area (Å²) in [5.41, 5.74) is 8.96. The molecule has 0 heterocycles. The molecule has 0 aliphatic heterocycles. The molecule has 0 atom stereocenters. The molecule has 0 aliphatic carbocycles. The summed E-state index contributed by atoms with van der Waals surface area (Å²) in [6.07, 6.45) is 0. The van der Waals surface area contributed by atoms with Crippen molar-refractivity contribution in [2.75, 3.05) is 0 Å². The van der Waals surface area contributed by atoms with Crippen LogP contribution in [0.2, 0.25) is 0 Å². The van der Waals surface area contributed by atoms with Crippen molar-refractivity contribution < 1.29 is 3.84 Å². The number of hydrogen-bond donors (Lipinski definition) is 4. The zero-order chi connectivity index (χ0) is 14.3. The Morgan fingerprint density at radius 3 is 1.24 bits per heavy atom. The lowest BCUT2D eigenvalue weighted by Crippen LogP contribution is -2.38. The second-order valence-corrected chi connectivity index (χ2v) is 4.67. The minimum Gasteiger partial charge on any atom is -0.386 e. The summed E-state index contributed by atoms with van der Waals surface area (Å²) in [6, 6.07) is 0. The first-order chi connectivity index (χ1) is 7.51. The van der Waals surface area contributed by atoms with E-state index in [0.29, 0.717) is 0 Å². The Bertz CT molecular complexity index is 274. The van der Waals surface area contributed by atoms with Gasteiger partial charge in [-0.3, -0.25) is 10.8 Å². The first kappa shape index (κ1) is 18.4. The maximum absolute atomic E-state index is 7.25. The highest BCUT2D eigenvalue weighted by Crippen LogP contribution is 2.15. The number of nitrogens with two attached hydrogens (primary N) is 2. The molecule has 17 heavy (non-hydrogen) atoms. The fourth-order valence-corrected chi connectivity index (χ4v) is 0.358. The fourth-order valence-electron chi connectivity index (χ4n) is 0.358. The molecule has 6 N–H and O–H groups in total. The second-order valence-electron chi connectivity index (χ2n) is 4.20. The number of nitrogens with one attached hydrogen (secondary N) is 2. The summed E-state index contributed by atoms with van der Waals surface area (Å²) >= 11 is 8.53. The molecule has 0 rings (SSSR count). The predicted octanol–water partition coefficient (Wildman–Crippen LogP) is 2.18. The SMILES string of the molecule is CC(C)(N=NC(C)(C)C(=N)N)C(=N)N.ClOCl. The van der Waals surface area contributed by atoms with Gasteiger partial charge in [-0.15, -0.1) is 0 Å². The van der Waals surface area contributed by atoms with E-state index >= 15 is 0 Å². The van der Waals surface area contributed by atoms with E-state index in [9.17, 15) is 0 Å². The van der Waals surface area contributed by atoms with Gasteiger partial charge in [-0.05, 0) is 27.7 Å². The second kappa shape index (κ2) is 7.41. The van der Waals surface area contributed by atoms with Crippen LogP contribution in [0.25, 0.3) is 0 Å². The van der Waals surface area contributed by atoms with Gasteiger partial charge >= 0.3 is 0 Å². The molecule has 100 valence electrons. The predicted molar refractivity (Wildman–Crippen MR) is 69.6 cm³/mol. The van der Waals surface area contributed by atoms with Crippen LogP contribution in [0.5, 0.6) is 0 Å². The van der Waals surface area contributed by atoms with Gasteiger partial charge in [0.2, 0.25) is 0 Å². The van der Waals surface area contributed by atoms with Crippen LogP contribution in [0.3, 0.4) is 0 Å². The topological polar surface area (TPSA) is 134 Å². The summed E-state index contributed by atoms with van der Waals surface area (Å²) < 4.78 is 3.19. The van der Waals surface area contributed by atoms with Crippen LogP contribution < -0.4 is 11.5 Å². The molecule has 0 aromatic rings. The van der Waals surface area contributed by atoms with Gasteiger partial charge in [0.15, 0.2) is 0 Å². The van der Waals surface area contributed by atoms with Crippen LogP contribution in [-0.4, -0.2) is 22.7 Å². The number of halogens is 2. The molecule has 0 spiro atoms. The third-order valence-corrected chi connectivity index (χ3v) is 1.87. The van der Waals surface area contributed by atoms with Gasteiger partial charge < -0.3 is 11.5 Å². The van der Waals surface area contributed by atoms with Gasteiger partial charge in [0.25, 0.3) is 0 Å². The zero-order valence-electron chi connectivity index (χ0n) is 10.2. The Labute approximate surface area is 111 Å². The standard InChI is InChI=1S/C8H18N6.Cl2O/c1-7(2,5(9)10)13-14-8(3,4)6(11)12;1-3-2/h1-4H3,(H3,9,10)(H3,11,12);. The van der Waals surface area contributed by atoms with Gasteiger partial charge in [-0.1, -0.05) is 0 Å². The molecule has 0 amide bonds. The van der Waals surface area contributed by atoms with Crippen molar-refractivity contribution in [2.24, 2.45) is 21.7 Å². The van der Waals surface area contributed by atoms with Gasteiger partial charge in [-0.2, -0.15) is 14.1 Å². The monoisotopic (exact) mass is 284 g/mol. The molecule has 0 unspecified atom stereocenters. The maximum Gasteiger partial charge on any atom is 0.132 e. The third kappa shape index (κ3) is 7.89. The average molecular weight is 285 g/mol. The van der Waals surface area contributed by atoms with Crippen molar-refractivity contribution >= 4 is 35.4 Å². The number of azo groups is 1. The Hall–Kier alpha value is -0.920. The number of hydrogen-bond acceptors (Lipinski definition) is 5. The molecular formula is C8H18Cl2N6O. The van der Waals surface area contributed by atoms with E-state index in [4.69, 9.17) is 22.3 Å². The highest BCUT2D eigenvalue weighted by Gasteiger charge is 2.25. The Balaban J connectivity index is 0. The van der Waals surface area contributed by atoms with E-state index in [1.54, 1.807) is 27.7 Å². The molecule has 0 fully saturated rings. The van der Waals surface area contributed by atoms with Crippen molar-refractivity contribution in [1.82, 2.24) is 0 Å². The van der Waals surface area contributed by atoms with Crippen LogP contribution in [0.4, 0.5) is 0 Å². The van der Waals surface area contributed by atoms with Crippen LogP contribution in [-0.2, 0) is 3.84 Å². The van der Waals surface area contributed by atoms with E-state index < -0.39 is 11.1 Å². The van der Waals surface area contributed by atoms with Gasteiger partial charge in [0.1, 0.15) is 22.7 Å². The summed E-state index contributed by atoms with van der Waals surface area (Å²) in [6.45, 7) is 6.70. The first-order valence-electron chi connectivity index (χ1n) is 4.53. The lowest BCUT2D eigenvalue weighted by atomic mass is 10.1. The average Bonchev–Trinajstić information content (AvgIpc) is 2.16. The molecule has 0 aliphatic rings. The maximum atomic E-state index is 7.25. The summed E-state index contributed by atoms with van der Waals surface area (Å²) in [5, 5.41) is 22.3. The lowest BCUT2D eigenvalue weighted by molar-refractivity contribution is 0.557. The van der Waals surface area contributed by atoms with Gasteiger partial charge in [-0.25, -0.2) is 0 Å². The summed E-state index contributed by atoms with van der Waals surface area (Å²) in [7, 11) is 0. The van der Waals surface area contributed by atoms with Crippen molar-refractivity contribution in [3.8, 4) is 0 Å². The van der Waals surface area contributed by atoms with E-state index in [2.05, 4.69) is 37.8 Å². The summed E-state index contributed by atoms with van der Waals surface area (Å²) in [5.74, 6) is -0.138. The highest BCUT2D eigenvalue weighted by atomic mass is 35.6. The van der Waals surface area contributed by atoms with Gasteiger partial charge in [0.05, 0.1) is 23.7 Å². The van der Waals surface area contributed by atoms with Crippen molar-refractivity contribution in [3.05, 3.63) is 0 Å². The van der Waals surface area contributed by atoms with Crippen LogP contribution in [0, 0.1) is 10.8 Å². The third-order valence-electron chi connectivity index (χ3n) is 1.87. The molecule has 7 nitrogen and oxygen atoms in total. The molecule has 0 aromatic heterocycles. The normalized spacial score (nSPS) is 11.9. The molecule has 0 saturated heterocycles. The first-order valence-corrected chi connectivity index (χ1v) is 5.15. The molecule has 0 radical (unpaired) electrons. The van der Waals surface area contributed by atoms with Crippen molar-refractivity contribution in [2.45, 2.75) is 38.8 Å². The Kier molecular flexibility index (Phi) is 8.04. The van der Waals surface area contributed by atoms with Crippen LogP contribution >= 0.6 is 23.7 Å². The number of rotatable bonds is 4.